The van der Waals surface area contributed by atoms with E-state index in [4.69, 9.17) is 4.74 Å². The summed E-state index contributed by atoms with van der Waals surface area (Å²) in [4.78, 5) is 72.6. The van der Waals surface area contributed by atoms with Crippen LogP contribution in [0.1, 0.15) is 69.7 Å². The average Bonchev–Trinajstić information content (AvgIpc) is 3.60. The van der Waals surface area contributed by atoms with Crippen molar-refractivity contribution in [2.45, 2.75) is 44.6 Å². The van der Waals surface area contributed by atoms with Gasteiger partial charge in [-0.25, -0.2) is 0 Å². The number of H-pyrrole nitrogens is 1. The highest BCUT2D eigenvalue weighted by Crippen LogP contribution is 2.38. The number of piperidine rings is 3. The van der Waals surface area contributed by atoms with Gasteiger partial charge >= 0.3 is 0 Å². The fourth-order valence-corrected chi connectivity index (χ4v) is 7.54. The number of fused-ring (bicyclic) bond motifs is 2. The van der Waals surface area contributed by atoms with Crippen LogP contribution in [0.4, 0.5) is 5.69 Å². The first-order valence-electron chi connectivity index (χ1n) is 15.4. The Bertz CT molecular complexity index is 1680. The molecule has 3 fully saturated rings. The van der Waals surface area contributed by atoms with E-state index in [2.05, 4.69) is 15.2 Å². The van der Waals surface area contributed by atoms with Gasteiger partial charge in [0.2, 0.25) is 11.8 Å². The van der Waals surface area contributed by atoms with Crippen molar-refractivity contribution in [3.05, 3.63) is 59.3 Å². The molecule has 2 N–H and O–H groups in total. The molecule has 44 heavy (non-hydrogen) atoms. The number of likely N-dealkylation sites (tertiary alicyclic amines) is 1. The molecule has 0 bridgehead atoms. The summed E-state index contributed by atoms with van der Waals surface area (Å²) in [6.45, 7) is 2.96. The van der Waals surface area contributed by atoms with E-state index in [1.807, 2.05) is 35.2 Å². The number of anilines is 1. The lowest BCUT2D eigenvalue weighted by Gasteiger charge is -2.41. The second-order valence-corrected chi connectivity index (χ2v) is 12.2. The van der Waals surface area contributed by atoms with E-state index in [1.54, 1.807) is 19.2 Å². The molecule has 5 amide bonds. The molecule has 3 saturated heterocycles. The van der Waals surface area contributed by atoms with E-state index in [1.165, 1.54) is 0 Å². The summed E-state index contributed by atoms with van der Waals surface area (Å²) in [5.41, 5.74) is 2.85. The SMILES string of the molecule is COc1cccc2[nH]c(C(=O)N3CCC(C4CCN(c5cccc6c5C(=O)N(C5CCC(=O)NC5=O)C6=O)CC4)CC3)cc12. The normalized spacial score (nSPS) is 21.7. The zero-order chi connectivity index (χ0) is 30.5. The van der Waals surface area contributed by atoms with E-state index in [-0.39, 0.29) is 24.7 Å². The van der Waals surface area contributed by atoms with Crippen LogP contribution in [0.15, 0.2) is 42.5 Å². The van der Waals surface area contributed by atoms with Gasteiger partial charge in [-0.2, -0.15) is 0 Å². The number of ether oxygens (including phenoxy) is 1. The predicted octanol–water partition coefficient (Wildman–Crippen LogP) is 3.35. The predicted molar refractivity (Wildman–Crippen MR) is 162 cm³/mol. The summed E-state index contributed by atoms with van der Waals surface area (Å²) >= 11 is 0. The van der Waals surface area contributed by atoms with Crippen molar-refractivity contribution in [1.82, 2.24) is 20.1 Å². The first-order valence-corrected chi connectivity index (χ1v) is 15.4. The molecule has 3 aromatic rings. The van der Waals surface area contributed by atoms with Crippen molar-refractivity contribution in [2.24, 2.45) is 11.8 Å². The van der Waals surface area contributed by atoms with Gasteiger partial charge in [0.05, 0.1) is 23.9 Å². The van der Waals surface area contributed by atoms with Crippen LogP contribution in [0.25, 0.3) is 10.9 Å². The lowest BCUT2D eigenvalue weighted by Crippen LogP contribution is -2.54. The molecule has 4 aliphatic heterocycles. The second-order valence-electron chi connectivity index (χ2n) is 12.2. The Kier molecular flexibility index (Phi) is 7.10. The zero-order valence-corrected chi connectivity index (χ0v) is 24.6. The number of benzene rings is 2. The monoisotopic (exact) mass is 597 g/mol. The smallest absolute Gasteiger partial charge is 0.270 e. The number of hydrogen-bond donors (Lipinski definition) is 2. The Balaban J connectivity index is 0.976. The summed E-state index contributed by atoms with van der Waals surface area (Å²) in [5.74, 6) is -0.143. The Morgan fingerprint density at radius 1 is 0.864 bits per heavy atom. The number of aromatic amines is 1. The minimum Gasteiger partial charge on any atom is -0.496 e. The Morgan fingerprint density at radius 2 is 1.57 bits per heavy atom. The summed E-state index contributed by atoms with van der Waals surface area (Å²) < 4.78 is 5.44. The van der Waals surface area contributed by atoms with Crippen molar-refractivity contribution in [2.75, 3.05) is 38.2 Å². The van der Waals surface area contributed by atoms with Crippen LogP contribution < -0.4 is 15.0 Å². The Hall–Kier alpha value is -4.67. The first-order chi connectivity index (χ1) is 21.3. The maximum Gasteiger partial charge on any atom is 0.270 e. The van der Waals surface area contributed by atoms with E-state index < -0.39 is 23.8 Å². The largest absolute Gasteiger partial charge is 0.496 e. The second kappa shape index (κ2) is 11.1. The third kappa shape index (κ3) is 4.71. The molecule has 1 atom stereocenters. The number of methoxy groups -OCH3 is 1. The van der Waals surface area contributed by atoms with Crippen molar-refractivity contribution in [3.8, 4) is 5.75 Å². The van der Waals surface area contributed by atoms with Crippen LogP contribution in [-0.4, -0.2) is 83.7 Å². The Labute approximate surface area is 254 Å². The van der Waals surface area contributed by atoms with Crippen LogP contribution in [-0.2, 0) is 9.59 Å². The van der Waals surface area contributed by atoms with Crippen LogP contribution in [0.2, 0.25) is 0 Å². The lowest BCUT2D eigenvalue weighted by atomic mass is 9.78. The van der Waals surface area contributed by atoms with Crippen LogP contribution in [0.5, 0.6) is 5.75 Å². The zero-order valence-electron chi connectivity index (χ0n) is 24.6. The van der Waals surface area contributed by atoms with Gasteiger partial charge in [-0.05, 0) is 74.3 Å². The molecule has 11 heteroatoms. The summed E-state index contributed by atoms with van der Waals surface area (Å²) in [6.07, 6.45) is 4.06. The van der Waals surface area contributed by atoms with Gasteiger partial charge in [-0.1, -0.05) is 12.1 Å². The van der Waals surface area contributed by atoms with Gasteiger partial charge in [0.15, 0.2) is 0 Å². The van der Waals surface area contributed by atoms with Crippen LogP contribution >= 0.6 is 0 Å². The molecule has 1 unspecified atom stereocenters. The number of amides is 5. The minimum absolute atomic E-state index is 0.0139. The number of rotatable bonds is 5. The van der Waals surface area contributed by atoms with Gasteiger partial charge in [0, 0.05) is 43.5 Å². The Morgan fingerprint density at radius 3 is 2.27 bits per heavy atom. The van der Waals surface area contributed by atoms with Gasteiger partial charge in [-0.15, -0.1) is 0 Å². The number of imide groups is 2. The molecule has 0 spiro atoms. The fraction of sp³-hybridized carbons (Fsp3) is 0.424. The molecule has 1 aromatic heterocycles. The highest BCUT2D eigenvalue weighted by Gasteiger charge is 2.46. The van der Waals surface area contributed by atoms with Gasteiger partial charge in [0.1, 0.15) is 17.5 Å². The van der Waals surface area contributed by atoms with Gasteiger partial charge < -0.3 is 19.5 Å². The molecule has 2 aromatic carbocycles. The van der Waals surface area contributed by atoms with E-state index >= 15 is 0 Å². The summed E-state index contributed by atoms with van der Waals surface area (Å²) in [7, 11) is 1.63. The standard InChI is InChI=1S/C33H35N5O6/c1-44-27-7-3-5-23-22(27)18-24(34-23)32(42)37-16-12-20(13-17-37)19-10-14-36(15-11-19)25-6-2-4-21-29(25)33(43)38(31(21)41)26-8-9-28(39)35-30(26)40/h2-7,18-20,26,34H,8-17H2,1H3,(H,35,39,40). The summed E-state index contributed by atoms with van der Waals surface area (Å²) in [5, 5.41) is 3.15. The quantitative estimate of drug-likeness (QED) is 0.431. The van der Waals surface area contributed by atoms with Crippen LogP contribution in [0.3, 0.4) is 0 Å². The fourth-order valence-electron chi connectivity index (χ4n) is 7.54. The lowest BCUT2D eigenvalue weighted by molar-refractivity contribution is -0.136. The number of hydrogen-bond acceptors (Lipinski definition) is 7. The molecule has 0 aliphatic carbocycles. The average molecular weight is 598 g/mol. The van der Waals surface area contributed by atoms with Crippen molar-refractivity contribution < 1.29 is 28.7 Å². The maximum atomic E-state index is 13.6. The molecule has 0 radical (unpaired) electrons. The molecule has 0 saturated carbocycles. The van der Waals surface area contributed by atoms with Gasteiger partial charge in [-0.3, -0.25) is 34.2 Å². The van der Waals surface area contributed by atoms with Gasteiger partial charge in [0.25, 0.3) is 17.7 Å². The number of nitrogens with zero attached hydrogens (tertiary/aromatic N) is 3. The first kappa shape index (κ1) is 28.1. The number of aromatic nitrogens is 1. The molecule has 228 valence electrons. The molecular weight excluding hydrogens is 562 g/mol. The summed E-state index contributed by atoms with van der Waals surface area (Å²) in [6, 6.07) is 11.9. The molecular formula is C33H35N5O6. The third-order valence-corrected chi connectivity index (χ3v) is 9.89. The third-order valence-electron chi connectivity index (χ3n) is 9.89. The highest BCUT2D eigenvalue weighted by atomic mass is 16.5. The van der Waals surface area contributed by atoms with Crippen molar-refractivity contribution in [3.63, 3.8) is 0 Å². The number of nitrogens with one attached hydrogen (secondary N) is 2. The number of carbonyl (C=O) groups excluding carboxylic acids is 5. The molecule has 4 aliphatic rings. The maximum absolute atomic E-state index is 13.6. The van der Waals surface area contributed by atoms with Crippen molar-refractivity contribution in [1.29, 1.82) is 0 Å². The van der Waals surface area contributed by atoms with Crippen LogP contribution in [0, 0.1) is 11.8 Å². The molecule has 5 heterocycles. The van der Waals surface area contributed by atoms with E-state index in [0.29, 0.717) is 28.7 Å². The molecule has 11 nitrogen and oxygen atoms in total. The van der Waals surface area contributed by atoms with E-state index in [0.717, 1.165) is 79.1 Å². The minimum atomic E-state index is -0.977. The topological polar surface area (TPSA) is 132 Å². The van der Waals surface area contributed by atoms with E-state index in [9.17, 15) is 24.0 Å². The number of carbonyl (C=O) groups is 5. The molecule has 7 rings (SSSR count). The van der Waals surface area contributed by atoms with Crippen molar-refractivity contribution >= 4 is 46.1 Å². The highest BCUT2D eigenvalue weighted by molar-refractivity contribution is 6.25.